The maximum Gasteiger partial charge on any atom is 0.0920 e. The fourth-order valence-electron chi connectivity index (χ4n) is 5.31. The van der Waals surface area contributed by atoms with E-state index in [1.807, 2.05) is 0 Å². The largest absolute Gasteiger partial charge is 0.390 e. The zero-order valence-electron chi connectivity index (χ0n) is 15.1. The highest BCUT2D eigenvalue weighted by Gasteiger charge is 2.55. The van der Waals surface area contributed by atoms with Crippen molar-refractivity contribution in [2.75, 3.05) is 0 Å². The van der Waals surface area contributed by atoms with Gasteiger partial charge in [0.2, 0.25) is 0 Å². The summed E-state index contributed by atoms with van der Waals surface area (Å²) in [5.74, 6) is 1.06. The lowest BCUT2D eigenvalue weighted by molar-refractivity contribution is -0.120. The molecule has 3 rings (SSSR count). The first-order chi connectivity index (χ1) is 10.2. The van der Waals surface area contributed by atoms with Gasteiger partial charge in [-0.05, 0) is 83.0 Å². The Kier molecular flexibility index (Phi) is 4.01. The number of fused-ring (bicyclic) bond motifs is 3. The summed E-state index contributed by atoms with van der Waals surface area (Å²) >= 11 is 0. The van der Waals surface area contributed by atoms with Crippen LogP contribution in [0.2, 0.25) is 0 Å². The molecule has 1 aliphatic heterocycles. The van der Waals surface area contributed by atoms with Crippen molar-refractivity contribution in [3.05, 3.63) is 11.6 Å². The molecule has 1 N–H and O–H groups in total. The van der Waals surface area contributed by atoms with Gasteiger partial charge in [-0.25, -0.2) is 0 Å². The Balaban J connectivity index is 1.88. The summed E-state index contributed by atoms with van der Waals surface area (Å²) in [7, 11) is 0. The second kappa shape index (κ2) is 5.34. The third-order valence-corrected chi connectivity index (χ3v) is 7.22. The number of aliphatic hydroxyl groups is 1. The van der Waals surface area contributed by atoms with Crippen molar-refractivity contribution in [2.24, 2.45) is 17.3 Å². The molecule has 2 heteroatoms. The SMILES string of the molecule is C/C1=C\C[C@H]2CC[C@@](C)(O)[C@H](CC[C@]3(C)O[C@@H]3CC1)C2(C)C. The fraction of sp³-hybridized carbons (Fsp3) is 0.900. The molecule has 2 nitrogen and oxygen atoms in total. The average molecular weight is 306 g/mol. The lowest BCUT2D eigenvalue weighted by atomic mass is 9.54. The topological polar surface area (TPSA) is 32.8 Å². The van der Waals surface area contributed by atoms with Gasteiger partial charge in [-0.1, -0.05) is 25.5 Å². The molecule has 2 aliphatic carbocycles. The lowest BCUT2D eigenvalue weighted by Gasteiger charge is -2.53. The van der Waals surface area contributed by atoms with Crippen LogP contribution in [0.3, 0.4) is 0 Å². The zero-order chi connectivity index (χ0) is 16.2. The van der Waals surface area contributed by atoms with Gasteiger partial charge in [0, 0.05) is 0 Å². The number of allylic oxidation sites excluding steroid dienone is 2. The minimum absolute atomic E-state index is 0.0680. The van der Waals surface area contributed by atoms with Crippen LogP contribution >= 0.6 is 0 Å². The second-order valence-electron chi connectivity index (χ2n) is 9.25. The van der Waals surface area contributed by atoms with Crippen molar-refractivity contribution in [2.45, 2.75) is 96.9 Å². The Morgan fingerprint density at radius 2 is 1.82 bits per heavy atom. The van der Waals surface area contributed by atoms with E-state index in [-0.39, 0.29) is 11.0 Å². The van der Waals surface area contributed by atoms with E-state index in [1.165, 1.54) is 18.4 Å². The summed E-state index contributed by atoms with van der Waals surface area (Å²) in [5.41, 5.74) is 1.25. The Morgan fingerprint density at radius 3 is 2.55 bits per heavy atom. The highest BCUT2D eigenvalue weighted by molar-refractivity contribution is 5.09. The second-order valence-corrected chi connectivity index (χ2v) is 9.25. The molecule has 2 bridgehead atoms. The summed E-state index contributed by atoms with van der Waals surface area (Å²) in [6, 6.07) is 0. The van der Waals surface area contributed by atoms with E-state index in [1.54, 1.807) is 0 Å². The third-order valence-electron chi connectivity index (χ3n) is 7.22. The fourth-order valence-corrected chi connectivity index (χ4v) is 5.31. The van der Waals surface area contributed by atoms with Gasteiger partial charge in [-0.2, -0.15) is 0 Å². The molecular formula is C20H34O2. The normalized spacial score (nSPS) is 50.8. The van der Waals surface area contributed by atoms with Crippen LogP contribution in [0.15, 0.2) is 11.6 Å². The molecule has 1 saturated heterocycles. The average Bonchev–Trinajstić information content (AvgIpc) is 3.04. The van der Waals surface area contributed by atoms with Crippen LogP contribution in [-0.4, -0.2) is 22.4 Å². The van der Waals surface area contributed by atoms with Crippen molar-refractivity contribution in [3.8, 4) is 0 Å². The number of rotatable bonds is 0. The molecule has 0 spiro atoms. The molecule has 5 atom stereocenters. The highest BCUT2D eigenvalue weighted by atomic mass is 16.6. The molecule has 22 heavy (non-hydrogen) atoms. The molecular weight excluding hydrogens is 272 g/mol. The van der Waals surface area contributed by atoms with Crippen LogP contribution < -0.4 is 0 Å². The molecule has 1 saturated carbocycles. The summed E-state index contributed by atoms with van der Waals surface area (Å²) in [6.07, 6.45) is 10.7. The minimum Gasteiger partial charge on any atom is -0.390 e. The highest BCUT2D eigenvalue weighted by Crippen LogP contribution is 2.55. The molecule has 0 radical (unpaired) electrons. The van der Waals surface area contributed by atoms with Crippen LogP contribution in [0.25, 0.3) is 0 Å². The van der Waals surface area contributed by atoms with Gasteiger partial charge in [0.05, 0.1) is 17.3 Å². The molecule has 0 unspecified atom stereocenters. The van der Waals surface area contributed by atoms with Gasteiger partial charge >= 0.3 is 0 Å². The van der Waals surface area contributed by atoms with Crippen LogP contribution in [0.1, 0.15) is 79.6 Å². The van der Waals surface area contributed by atoms with Crippen molar-refractivity contribution >= 4 is 0 Å². The molecule has 0 amide bonds. The van der Waals surface area contributed by atoms with Gasteiger partial charge in [-0.3, -0.25) is 0 Å². The van der Waals surface area contributed by atoms with E-state index < -0.39 is 5.60 Å². The van der Waals surface area contributed by atoms with Crippen LogP contribution in [0.5, 0.6) is 0 Å². The maximum atomic E-state index is 11.0. The monoisotopic (exact) mass is 306 g/mol. The molecule has 1 heterocycles. The van der Waals surface area contributed by atoms with Crippen molar-refractivity contribution in [3.63, 3.8) is 0 Å². The Bertz CT molecular complexity index is 462. The smallest absolute Gasteiger partial charge is 0.0920 e. The molecule has 2 fully saturated rings. The molecule has 3 aliphatic rings. The van der Waals surface area contributed by atoms with Gasteiger partial charge in [-0.15, -0.1) is 0 Å². The predicted octanol–water partition coefficient (Wildman–Crippen LogP) is 4.86. The molecule has 126 valence electrons. The van der Waals surface area contributed by atoms with Crippen molar-refractivity contribution in [1.82, 2.24) is 0 Å². The van der Waals surface area contributed by atoms with Crippen molar-refractivity contribution < 1.29 is 9.84 Å². The lowest BCUT2D eigenvalue weighted by Crippen LogP contribution is -2.51. The summed E-state index contributed by atoms with van der Waals surface area (Å²) < 4.78 is 6.03. The third kappa shape index (κ3) is 2.89. The molecule has 0 aromatic rings. The number of hydrogen-bond donors (Lipinski definition) is 1. The summed E-state index contributed by atoms with van der Waals surface area (Å²) in [4.78, 5) is 0. The number of ether oxygens (including phenoxy) is 1. The summed E-state index contributed by atoms with van der Waals surface area (Å²) in [6.45, 7) is 11.4. The first-order valence-corrected chi connectivity index (χ1v) is 9.21. The Morgan fingerprint density at radius 1 is 1.09 bits per heavy atom. The first-order valence-electron chi connectivity index (χ1n) is 9.21. The minimum atomic E-state index is -0.524. The van der Waals surface area contributed by atoms with E-state index >= 15 is 0 Å². The van der Waals surface area contributed by atoms with Gasteiger partial charge in [0.25, 0.3) is 0 Å². The van der Waals surface area contributed by atoms with Crippen LogP contribution in [-0.2, 0) is 4.74 Å². The van der Waals surface area contributed by atoms with E-state index in [9.17, 15) is 5.11 Å². The standard InChI is InChI=1S/C20H34O2/c1-14-6-8-15-10-12-19(4,21)16(18(15,2)3)11-13-20(5)17(22-20)9-7-14/h6,15-17,21H,7-13H2,1-5H3/b14-6+/t15-,16+,17+,19+,20-/m0/s1. The molecule has 0 aromatic carbocycles. The van der Waals surface area contributed by atoms with E-state index in [4.69, 9.17) is 4.74 Å². The van der Waals surface area contributed by atoms with Gasteiger partial charge in [0.1, 0.15) is 0 Å². The van der Waals surface area contributed by atoms with E-state index in [2.05, 4.69) is 40.7 Å². The number of hydrogen-bond acceptors (Lipinski definition) is 2. The zero-order valence-corrected chi connectivity index (χ0v) is 15.1. The van der Waals surface area contributed by atoms with Gasteiger partial charge < -0.3 is 9.84 Å². The van der Waals surface area contributed by atoms with Crippen LogP contribution in [0.4, 0.5) is 0 Å². The quantitative estimate of drug-likeness (QED) is 0.512. The maximum absolute atomic E-state index is 11.0. The van der Waals surface area contributed by atoms with Crippen molar-refractivity contribution in [1.29, 1.82) is 0 Å². The Hall–Kier alpha value is -0.340. The Labute approximate surface area is 136 Å². The number of epoxide rings is 1. The van der Waals surface area contributed by atoms with Crippen LogP contribution in [0, 0.1) is 17.3 Å². The van der Waals surface area contributed by atoms with Gasteiger partial charge in [0.15, 0.2) is 0 Å². The molecule has 0 aromatic heterocycles. The first kappa shape index (κ1) is 16.5. The predicted molar refractivity (Wildman–Crippen MR) is 90.7 cm³/mol. The van der Waals surface area contributed by atoms with E-state index in [0.29, 0.717) is 17.9 Å². The van der Waals surface area contributed by atoms with E-state index in [0.717, 1.165) is 32.1 Å². The summed E-state index contributed by atoms with van der Waals surface area (Å²) in [5, 5.41) is 11.0.